The summed E-state index contributed by atoms with van der Waals surface area (Å²) in [4.78, 5) is 45.3. The molecule has 2 aromatic rings. The minimum Gasteiger partial charge on any atom is -0.378 e. The van der Waals surface area contributed by atoms with Gasteiger partial charge in [-0.25, -0.2) is 0 Å². The van der Waals surface area contributed by atoms with E-state index in [0.717, 1.165) is 31.4 Å². The van der Waals surface area contributed by atoms with Crippen LogP contribution in [0.2, 0.25) is 5.02 Å². The fourth-order valence-electron chi connectivity index (χ4n) is 5.40. The standard InChI is InChI=1S/C28H33ClN4O4/c29-22-7-5-20(6-8-22)26(34)30-23-9-10-25(24(19-23)28(36)33-15-17-37-18-16-33)31-11-13-32(14-12-31)27(35)21-3-1-2-4-21/h5-10,19,21H,1-4,11-18H2,(H,30,34). The van der Waals surface area contributed by atoms with Gasteiger partial charge in [0.1, 0.15) is 0 Å². The molecule has 2 heterocycles. The van der Waals surface area contributed by atoms with Gasteiger partial charge in [0.2, 0.25) is 5.91 Å². The highest BCUT2D eigenvalue weighted by Gasteiger charge is 2.31. The number of hydrogen-bond donors (Lipinski definition) is 1. The van der Waals surface area contributed by atoms with Gasteiger partial charge in [0.15, 0.2) is 0 Å². The van der Waals surface area contributed by atoms with E-state index >= 15 is 0 Å². The summed E-state index contributed by atoms with van der Waals surface area (Å²) in [6, 6.07) is 12.2. The first-order chi connectivity index (χ1) is 18.0. The van der Waals surface area contributed by atoms with Gasteiger partial charge < -0.3 is 24.8 Å². The lowest BCUT2D eigenvalue weighted by Gasteiger charge is -2.38. The Hall–Kier alpha value is -3.10. The molecular weight excluding hydrogens is 492 g/mol. The molecule has 196 valence electrons. The van der Waals surface area contributed by atoms with Crippen LogP contribution in [0.3, 0.4) is 0 Å². The summed E-state index contributed by atoms with van der Waals surface area (Å²) in [7, 11) is 0. The quantitative estimate of drug-likeness (QED) is 0.641. The van der Waals surface area contributed by atoms with Crippen LogP contribution in [0.15, 0.2) is 42.5 Å². The summed E-state index contributed by atoms with van der Waals surface area (Å²) in [5, 5.41) is 3.47. The minimum absolute atomic E-state index is 0.0784. The molecule has 0 atom stereocenters. The number of benzene rings is 2. The molecule has 0 bridgehead atoms. The summed E-state index contributed by atoms with van der Waals surface area (Å²) in [6.45, 7) is 4.71. The largest absolute Gasteiger partial charge is 0.378 e. The van der Waals surface area contributed by atoms with E-state index in [9.17, 15) is 14.4 Å². The van der Waals surface area contributed by atoms with Crippen LogP contribution in [0.5, 0.6) is 0 Å². The maximum Gasteiger partial charge on any atom is 0.256 e. The van der Waals surface area contributed by atoms with Crippen LogP contribution < -0.4 is 10.2 Å². The predicted molar refractivity (Wildman–Crippen MR) is 143 cm³/mol. The van der Waals surface area contributed by atoms with Crippen molar-refractivity contribution in [2.45, 2.75) is 25.7 Å². The Kier molecular flexibility index (Phi) is 7.96. The summed E-state index contributed by atoms with van der Waals surface area (Å²) >= 11 is 5.95. The molecule has 2 aromatic carbocycles. The third-order valence-corrected chi connectivity index (χ3v) is 7.78. The lowest BCUT2D eigenvalue weighted by atomic mass is 10.0. The van der Waals surface area contributed by atoms with E-state index in [2.05, 4.69) is 10.2 Å². The molecule has 3 fully saturated rings. The zero-order chi connectivity index (χ0) is 25.8. The van der Waals surface area contributed by atoms with Crippen molar-refractivity contribution in [1.82, 2.24) is 9.80 Å². The fraction of sp³-hybridized carbons (Fsp3) is 0.464. The predicted octanol–water partition coefficient (Wildman–Crippen LogP) is 3.90. The van der Waals surface area contributed by atoms with Gasteiger partial charge in [-0.2, -0.15) is 0 Å². The number of morpholine rings is 1. The summed E-state index contributed by atoms with van der Waals surface area (Å²) in [6.07, 6.45) is 4.29. The number of ether oxygens (including phenoxy) is 1. The third kappa shape index (κ3) is 5.91. The number of carbonyl (C=O) groups is 3. The molecule has 5 rings (SSSR count). The molecule has 37 heavy (non-hydrogen) atoms. The number of piperazine rings is 1. The van der Waals surface area contributed by atoms with Crippen molar-refractivity contribution in [1.29, 1.82) is 0 Å². The lowest BCUT2D eigenvalue weighted by Crippen LogP contribution is -2.50. The molecule has 8 nitrogen and oxygen atoms in total. The van der Waals surface area contributed by atoms with Crippen LogP contribution in [0.4, 0.5) is 11.4 Å². The minimum atomic E-state index is -0.270. The average molecular weight is 525 g/mol. The lowest BCUT2D eigenvalue weighted by molar-refractivity contribution is -0.135. The summed E-state index contributed by atoms with van der Waals surface area (Å²) < 4.78 is 5.43. The first-order valence-corrected chi connectivity index (χ1v) is 13.5. The van der Waals surface area contributed by atoms with Gasteiger partial charge in [0, 0.05) is 67.1 Å². The third-order valence-electron chi connectivity index (χ3n) is 7.53. The molecule has 3 amide bonds. The Morgan fingerprint density at radius 3 is 2.19 bits per heavy atom. The van der Waals surface area contributed by atoms with Crippen molar-refractivity contribution in [2.75, 3.05) is 62.7 Å². The van der Waals surface area contributed by atoms with Crippen molar-refractivity contribution in [3.05, 3.63) is 58.6 Å². The second-order valence-corrected chi connectivity index (χ2v) is 10.3. The highest BCUT2D eigenvalue weighted by molar-refractivity contribution is 6.30. The van der Waals surface area contributed by atoms with E-state index in [1.54, 1.807) is 35.2 Å². The first kappa shape index (κ1) is 25.5. The van der Waals surface area contributed by atoms with E-state index < -0.39 is 0 Å². The van der Waals surface area contributed by atoms with E-state index in [1.165, 1.54) is 0 Å². The highest BCUT2D eigenvalue weighted by Crippen LogP contribution is 2.30. The molecular formula is C28H33ClN4O4. The monoisotopic (exact) mass is 524 g/mol. The first-order valence-electron chi connectivity index (χ1n) is 13.1. The van der Waals surface area contributed by atoms with Crippen molar-refractivity contribution < 1.29 is 19.1 Å². The Labute approximate surface area is 222 Å². The number of anilines is 2. The molecule has 0 radical (unpaired) electrons. The van der Waals surface area contributed by atoms with Crippen molar-refractivity contribution >= 4 is 40.7 Å². The molecule has 0 spiro atoms. The number of halogens is 1. The SMILES string of the molecule is O=C(Nc1ccc(N2CCN(C(=O)C3CCCC3)CC2)c(C(=O)N2CCOCC2)c1)c1ccc(Cl)cc1. The van der Waals surface area contributed by atoms with Crippen LogP contribution >= 0.6 is 11.6 Å². The topological polar surface area (TPSA) is 82.2 Å². The highest BCUT2D eigenvalue weighted by atomic mass is 35.5. The van der Waals surface area contributed by atoms with E-state index in [1.807, 2.05) is 17.0 Å². The molecule has 1 N–H and O–H groups in total. The van der Waals surface area contributed by atoms with E-state index in [4.69, 9.17) is 16.3 Å². The summed E-state index contributed by atoms with van der Waals surface area (Å²) in [5.74, 6) is 0.106. The Bertz CT molecular complexity index is 1140. The van der Waals surface area contributed by atoms with Gasteiger partial charge in [-0.05, 0) is 55.3 Å². The number of rotatable bonds is 5. The Morgan fingerprint density at radius 1 is 0.838 bits per heavy atom. The van der Waals surface area contributed by atoms with Crippen LogP contribution in [0, 0.1) is 5.92 Å². The number of nitrogens with one attached hydrogen (secondary N) is 1. The van der Waals surface area contributed by atoms with Crippen molar-refractivity contribution in [3.63, 3.8) is 0 Å². The van der Waals surface area contributed by atoms with Crippen LogP contribution in [-0.2, 0) is 9.53 Å². The zero-order valence-electron chi connectivity index (χ0n) is 21.0. The van der Waals surface area contributed by atoms with Gasteiger partial charge in [0.05, 0.1) is 18.8 Å². The van der Waals surface area contributed by atoms with Crippen molar-refractivity contribution in [3.8, 4) is 0 Å². The van der Waals surface area contributed by atoms with Crippen molar-refractivity contribution in [2.24, 2.45) is 5.92 Å². The Balaban J connectivity index is 1.34. The number of amides is 3. The molecule has 2 saturated heterocycles. The number of hydrogen-bond acceptors (Lipinski definition) is 5. The zero-order valence-corrected chi connectivity index (χ0v) is 21.7. The molecule has 9 heteroatoms. The van der Waals surface area contributed by atoms with Gasteiger partial charge in [-0.15, -0.1) is 0 Å². The summed E-state index contributed by atoms with van der Waals surface area (Å²) in [5.41, 5.74) is 2.41. The molecule has 0 aromatic heterocycles. The van der Waals surface area contributed by atoms with Gasteiger partial charge in [-0.1, -0.05) is 24.4 Å². The normalized spacial score (nSPS) is 18.7. The second kappa shape index (κ2) is 11.5. The number of nitrogens with zero attached hydrogens (tertiary/aromatic N) is 3. The van der Waals surface area contributed by atoms with Crippen LogP contribution in [0.1, 0.15) is 46.4 Å². The molecule has 0 unspecified atom stereocenters. The van der Waals surface area contributed by atoms with Gasteiger partial charge in [0.25, 0.3) is 11.8 Å². The maximum absolute atomic E-state index is 13.6. The molecule has 3 aliphatic rings. The van der Waals surface area contributed by atoms with E-state index in [-0.39, 0.29) is 23.6 Å². The number of carbonyl (C=O) groups excluding carboxylic acids is 3. The van der Waals surface area contributed by atoms with E-state index in [0.29, 0.717) is 74.3 Å². The fourth-order valence-corrected chi connectivity index (χ4v) is 5.53. The smallest absolute Gasteiger partial charge is 0.256 e. The van der Waals surface area contributed by atoms with Gasteiger partial charge >= 0.3 is 0 Å². The van der Waals surface area contributed by atoms with Crippen LogP contribution in [-0.4, -0.2) is 80.0 Å². The molecule has 1 saturated carbocycles. The molecule has 1 aliphatic carbocycles. The maximum atomic E-state index is 13.6. The van der Waals surface area contributed by atoms with Crippen LogP contribution in [0.25, 0.3) is 0 Å². The average Bonchev–Trinajstić information content (AvgIpc) is 3.48. The Morgan fingerprint density at radius 2 is 1.51 bits per heavy atom. The van der Waals surface area contributed by atoms with Gasteiger partial charge in [-0.3, -0.25) is 14.4 Å². The second-order valence-electron chi connectivity index (χ2n) is 9.89. The molecule has 2 aliphatic heterocycles.